The number of rotatable bonds is 14. The molecule has 0 bridgehead atoms. The van der Waals surface area contributed by atoms with Crippen molar-refractivity contribution in [3.8, 4) is 0 Å². The molecule has 2 N–H and O–H groups in total. The first kappa shape index (κ1) is 24.4. The summed E-state index contributed by atoms with van der Waals surface area (Å²) in [5.41, 5.74) is 1.59. The van der Waals surface area contributed by atoms with Crippen molar-refractivity contribution in [2.24, 2.45) is 0 Å². The van der Waals surface area contributed by atoms with Crippen molar-refractivity contribution in [2.45, 2.75) is 42.5 Å². The first-order chi connectivity index (χ1) is 15.1. The van der Waals surface area contributed by atoms with E-state index in [1.165, 1.54) is 6.07 Å². The Kier molecular flexibility index (Phi) is 9.96. The summed E-state index contributed by atoms with van der Waals surface area (Å²) in [4.78, 5) is 14.2. The van der Waals surface area contributed by atoms with Crippen LogP contribution in [0, 0.1) is 5.82 Å². The highest BCUT2D eigenvalue weighted by atomic mass is 32.2. The van der Waals surface area contributed by atoms with Crippen molar-refractivity contribution in [3.63, 3.8) is 0 Å². The molecule has 0 spiro atoms. The summed E-state index contributed by atoms with van der Waals surface area (Å²) in [5, 5.41) is 3.24. The molecule has 1 aromatic carbocycles. The quantitative estimate of drug-likeness (QED) is 0.243. The maximum absolute atomic E-state index is 14.2. The zero-order chi connectivity index (χ0) is 21.9. The van der Waals surface area contributed by atoms with E-state index < -0.39 is 8.25 Å². The molecule has 1 fully saturated rings. The molecule has 31 heavy (non-hydrogen) atoms. The molecule has 1 aromatic heterocycles. The summed E-state index contributed by atoms with van der Waals surface area (Å²) in [5.74, 6) is 0.873. The second kappa shape index (κ2) is 12.7. The zero-order valence-corrected chi connectivity index (χ0v) is 19.3. The molecule has 6 nitrogen and oxygen atoms in total. The lowest BCUT2D eigenvalue weighted by Crippen LogP contribution is -2.47. The lowest BCUT2D eigenvalue weighted by Gasteiger charge is -2.42. The van der Waals surface area contributed by atoms with Crippen molar-refractivity contribution >= 4 is 20.0 Å². The SMILES string of the molecule is O=[PH](O)OCCCNCc1ccc(SCCCCC2(c3ccccc3F)COC2)cn1. The molecule has 9 heteroatoms. The molecule has 2 heterocycles. The van der Waals surface area contributed by atoms with Crippen LogP contribution in [0.1, 0.15) is 36.9 Å². The van der Waals surface area contributed by atoms with E-state index in [0.717, 1.165) is 41.2 Å². The second-order valence-electron chi connectivity index (χ2n) is 7.69. The van der Waals surface area contributed by atoms with Gasteiger partial charge in [-0.25, -0.2) is 4.39 Å². The van der Waals surface area contributed by atoms with Gasteiger partial charge in [-0.2, -0.15) is 0 Å². The topological polar surface area (TPSA) is 80.7 Å². The lowest BCUT2D eigenvalue weighted by molar-refractivity contribution is -0.0668. The van der Waals surface area contributed by atoms with Gasteiger partial charge >= 0.3 is 8.25 Å². The number of unbranched alkanes of at least 4 members (excludes halogenated alkanes) is 1. The van der Waals surface area contributed by atoms with Crippen LogP contribution in [-0.4, -0.2) is 42.0 Å². The summed E-state index contributed by atoms with van der Waals surface area (Å²) in [7, 11) is -2.82. The molecular formula is C22H30FN2O4PS. The van der Waals surface area contributed by atoms with Gasteiger partial charge in [-0.05, 0) is 55.3 Å². The first-order valence-electron chi connectivity index (χ1n) is 10.6. The van der Waals surface area contributed by atoms with E-state index >= 15 is 0 Å². The van der Waals surface area contributed by atoms with E-state index in [0.29, 0.717) is 32.7 Å². The molecule has 0 saturated carbocycles. The van der Waals surface area contributed by atoms with Crippen LogP contribution in [0.3, 0.4) is 0 Å². The third-order valence-corrected chi connectivity index (χ3v) is 6.87. The van der Waals surface area contributed by atoms with Crippen molar-refractivity contribution in [2.75, 3.05) is 32.1 Å². The van der Waals surface area contributed by atoms with Gasteiger partial charge in [0.1, 0.15) is 5.82 Å². The van der Waals surface area contributed by atoms with Crippen LogP contribution in [-0.2, 0) is 25.8 Å². The van der Waals surface area contributed by atoms with E-state index in [2.05, 4.69) is 20.9 Å². The summed E-state index contributed by atoms with van der Waals surface area (Å²) in [6.07, 6.45) is 5.61. The summed E-state index contributed by atoms with van der Waals surface area (Å²) in [6, 6.07) is 11.1. The molecule has 1 aliphatic rings. The van der Waals surface area contributed by atoms with Gasteiger partial charge in [-0.1, -0.05) is 24.6 Å². The monoisotopic (exact) mass is 468 g/mol. The zero-order valence-electron chi connectivity index (χ0n) is 17.5. The number of benzene rings is 1. The number of aromatic nitrogens is 1. The van der Waals surface area contributed by atoms with Crippen LogP contribution < -0.4 is 5.32 Å². The fraction of sp³-hybridized carbons (Fsp3) is 0.500. The minimum Gasteiger partial charge on any atom is -0.379 e. The molecule has 3 rings (SSSR count). The molecule has 2 aromatic rings. The average molecular weight is 469 g/mol. The Morgan fingerprint density at radius 1 is 1.23 bits per heavy atom. The molecule has 0 amide bonds. The van der Waals surface area contributed by atoms with Crippen molar-refractivity contribution < 1.29 is 23.1 Å². The molecule has 1 atom stereocenters. The molecule has 170 valence electrons. The minimum atomic E-state index is -2.82. The Morgan fingerprint density at radius 3 is 2.74 bits per heavy atom. The largest absolute Gasteiger partial charge is 0.379 e. The fourth-order valence-corrected chi connectivity index (χ4v) is 4.80. The molecule has 1 aliphatic heterocycles. The van der Waals surface area contributed by atoms with Gasteiger partial charge in [-0.3, -0.25) is 9.55 Å². The molecule has 0 radical (unpaired) electrons. The smallest absolute Gasteiger partial charge is 0.316 e. The van der Waals surface area contributed by atoms with Crippen molar-refractivity contribution in [1.82, 2.24) is 10.3 Å². The maximum Gasteiger partial charge on any atom is 0.316 e. The normalized spacial score (nSPS) is 16.1. The standard InChI is InChI=1S/C22H30FN2O4PS/c23-21-7-2-1-6-20(21)22(16-28-17-22)10-3-4-13-31-19-9-8-18(25-15-19)14-24-11-5-12-29-30(26)27/h1-2,6-9,15,24,30H,3-5,10-14,16-17H2,(H,26,27). The Morgan fingerprint density at radius 2 is 2.06 bits per heavy atom. The Bertz CT molecular complexity index is 837. The predicted molar refractivity (Wildman–Crippen MR) is 121 cm³/mol. The highest BCUT2D eigenvalue weighted by Crippen LogP contribution is 2.38. The molecule has 0 aliphatic carbocycles. The number of nitrogens with one attached hydrogen (secondary N) is 1. The van der Waals surface area contributed by atoms with Crippen LogP contribution in [0.4, 0.5) is 4.39 Å². The number of hydrogen-bond donors (Lipinski definition) is 2. The number of ether oxygens (including phenoxy) is 1. The van der Waals surface area contributed by atoms with Crippen LogP contribution in [0.25, 0.3) is 0 Å². The van der Waals surface area contributed by atoms with E-state index in [1.807, 2.05) is 24.4 Å². The Balaban J connectivity index is 1.31. The van der Waals surface area contributed by atoms with Gasteiger partial charge < -0.3 is 19.5 Å². The van der Waals surface area contributed by atoms with Crippen LogP contribution in [0.15, 0.2) is 47.5 Å². The first-order valence-corrected chi connectivity index (χ1v) is 12.8. The second-order valence-corrected chi connectivity index (χ2v) is 9.68. The molecule has 1 saturated heterocycles. The predicted octanol–water partition coefficient (Wildman–Crippen LogP) is 4.33. The van der Waals surface area contributed by atoms with Gasteiger partial charge in [0.25, 0.3) is 0 Å². The highest BCUT2D eigenvalue weighted by molar-refractivity contribution is 7.99. The summed E-state index contributed by atoms with van der Waals surface area (Å²) >= 11 is 1.79. The number of nitrogens with zero attached hydrogens (tertiary/aromatic N) is 1. The summed E-state index contributed by atoms with van der Waals surface area (Å²) < 4.78 is 34.7. The van der Waals surface area contributed by atoms with Gasteiger partial charge in [0.05, 0.1) is 25.5 Å². The van der Waals surface area contributed by atoms with Crippen LogP contribution in [0.2, 0.25) is 0 Å². The summed E-state index contributed by atoms with van der Waals surface area (Å²) in [6.45, 7) is 2.84. The Hall–Kier alpha value is -1.28. The van der Waals surface area contributed by atoms with Gasteiger partial charge in [0.15, 0.2) is 0 Å². The third-order valence-electron chi connectivity index (χ3n) is 5.35. The molecular weight excluding hydrogens is 438 g/mol. The maximum atomic E-state index is 14.2. The van der Waals surface area contributed by atoms with Crippen LogP contribution in [0.5, 0.6) is 0 Å². The fourth-order valence-electron chi connectivity index (χ4n) is 3.60. The van der Waals surface area contributed by atoms with Gasteiger partial charge in [0, 0.05) is 23.1 Å². The number of thioether (sulfide) groups is 1. The van der Waals surface area contributed by atoms with Crippen molar-refractivity contribution in [3.05, 3.63) is 59.7 Å². The van der Waals surface area contributed by atoms with E-state index in [-0.39, 0.29) is 17.8 Å². The third kappa shape index (κ3) is 7.67. The van der Waals surface area contributed by atoms with Gasteiger partial charge in [0.2, 0.25) is 0 Å². The lowest BCUT2D eigenvalue weighted by atomic mass is 9.74. The van der Waals surface area contributed by atoms with Crippen molar-refractivity contribution in [1.29, 1.82) is 0 Å². The minimum absolute atomic E-state index is 0.128. The van der Waals surface area contributed by atoms with E-state index in [9.17, 15) is 8.96 Å². The van der Waals surface area contributed by atoms with E-state index in [1.54, 1.807) is 17.8 Å². The average Bonchev–Trinajstić information content (AvgIpc) is 2.73. The highest BCUT2D eigenvalue weighted by Gasteiger charge is 2.41. The number of pyridine rings is 1. The molecule has 1 unspecified atom stereocenters. The van der Waals surface area contributed by atoms with Crippen LogP contribution >= 0.6 is 20.0 Å². The van der Waals surface area contributed by atoms with Gasteiger partial charge in [-0.15, -0.1) is 11.8 Å². The number of halogens is 1. The Labute approximate surface area is 187 Å². The van der Waals surface area contributed by atoms with E-state index in [4.69, 9.17) is 9.63 Å². The number of hydrogen-bond acceptors (Lipinski definition) is 6.